The Hall–Kier alpha value is -0.670. The van der Waals surface area contributed by atoms with E-state index in [0.717, 1.165) is 17.7 Å². The zero-order valence-electron chi connectivity index (χ0n) is 9.75. The van der Waals surface area contributed by atoms with E-state index >= 15 is 0 Å². The Bertz CT molecular complexity index is 345. The standard InChI is InChI=1S/C13H18O2S/c1-2-15-9-11(14)13-8-10-6-4-3-5-7-12(10)16-13/h8H,2-7,9H2,1H3. The molecule has 3 heteroatoms. The molecule has 0 fully saturated rings. The fourth-order valence-corrected chi connectivity index (χ4v) is 3.25. The predicted molar refractivity (Wildman–Crippen MR) is 66.4 cm³/mol. The molecule has 1 heterocycles. The van der Waals surface area contributed by atoms with Crippen LogP contribution >= 0.6 is 11.3 Å². The monoisotopic (exact) mass is 238 g/mol. The van der Waals surface area contributed by atoms with Gasteiger partial charge in [-0.25, -0.2) is 0 Å². The van der Waals surface area contributed by atoms with Gasteiger partial charge in [0.05, 0.1) is 4.88 Å². The minimum absolute atomic E-state index is 0.139. The lowest BCUT2D eigenvalue weighted by molar-refractivity contribution is 0.0787. The van der Waals surface area contributed by atoms with Crippen molar-refractivity contribution >= 4 is 17.1 Å². The van der Waals surface area contributed by atoms with E-state index in [2.05, 4.69) is 6.07 Å². The first-order valence-corrected chi connectivity index (χ1v) is 6.85. The van der Waals surface area contributed by atoms with E-state index < -0.39 is 0 Å². The van der Waals surface area contributed by atoms with Crippen LogP contribution in [-0.2, 0) is 17.6 Å². The van der Waals surface area contributed by atoms with Gasteiger partial charge in [0.1, 0.15) is 6.61 Å². The molecule has 1 aliphatic rings. The maximum absolute atomic E-state index is 11.8. The number of hydrogen-bond donors (Lipinski definition) is 0. The lowest BCUT2D eigenvalue weighted by Gasteiger charge is -1.97. The van der Waals surface area contributed by atoms with Crippen LogP contribution in [0.15, 0.2) is 6.07 Å². The Balaban J connectivity index is 2.08. The maximum atomic E-state index is 11.8. The number of hydrogen-bond acceptors (Lipinski definition) is 3. The van der Waals surface area contributed by atoms with Crippen LogP contribution in [0.25, 0.3) is 0 Å². The van der Waals surface area contributed by atoms with Crippen LogP contribution in [0.1, 0.15) is 46.3 Å². The third-order valence-corrected chi connectivity index (χ3v) is 4.24. The molecule has 0 amide bonds. The summed E-state index contributed by atoms with van der Waals surface area (Å²) < 4.78 is 5.16. The predicted octanol–water partition coefficient (Wildman–Crippen LogP) is 3.24. The number of carbonyl (C=O) groups excluding carboxylic acids is 1. The Morgan fingerprint density at radius 3 is 3.00 bits per heavy atom. The van der Waals surface area contributed by atoms with Crippen molar-refractivity contribution in [3.05, 3.63) is 21.4 Å². The van der Waals surface area contributed by atoms with Crippen molar-refractivity contribution in [3.8, 4) is 0 Å². The van der Waals surface area contributed by atoms with Crippen LogP contribution in [-0.4, -0.2) is 19.0 Å². The van der Waals surface area contributed by atoms with Gasteiger partial charge in [-0.2, -0.15) is 0 Å². The smallest absolute Gasteiger partial charge is 0.198 e. The maximum Gasteiger partial charge on any atom is 0.198 e. The largest absolute Gasteiger partial charge is 0.374 e. The quantitative estimate of drug-likeness (QED) is 0.594. The highest BCUT2D eigenvalue weighted by molar-refractivity contribution is 7.14. The van der Waals surface area contributed by atoms with Crippen LogP contribution in [0.2, 0.25) is 0 Å². The summed E-state index contributed by atoms with van der Waals surface area (Å²) in [5.41, 5.74) is 1.40. The Labute approximate surface area is 101 Å². The van der Waals surface area contributed by atoms with E-state index in [4.69, 9.17) is 4.74 Å². The Kier molecular flexibility index (Phi) is 4.13. The molecular formula is C13H18O2S. The molecule has 88 valence electrons. The van der Waals surface area contributed by atoms with Crippen molar-refractivity contribution in [1.29, 1.82) is 0 Å². The summed E-state index contributed by atoms with van der Waals surface area (Å²) in [7, 11) is 0. The Morgan fingerprint density at radius 1 is 1.38 bits per heavy atom. The first kappa shape index (κ1) is 11.8. The van der Waals surface area contributed by atoms with Crippen molar-refractivity contribution in [2.24, 2.45) is 0 Å². The van der Waals surface area contributed by atoms with Gasteiger partial charge < -0.3 is 4.74 Å². The number of carbonyl (C=O) groups is 1. The van der Waals surface area contributed by atoms with E-state index in [1.165, 1.54) is 29.7 Å². The zero-order chi connectivity index (χ0) is 11.4. The minimum atomic E-state index is 0.139. The normalized spacial score (nSPS) is 15.6. The van der Waals surface area contributed by atoms with Gasteiger partial charge in [-0.15, -0.1) is 11.3 Å². The Morgan fingerprint density at radius 2 is 2.19 bits per heavy atom. The highest BCUT2D eigenvalue weighted by Gasteiger charge is 2.16. The molecule has 16 heavy (non-hydrogen) atoms. The average Bonchev–Trinajstić information content (AvgIpc) is 2.58. The number of aryl methyl sites for hydroxylation is 2. The highest BCUT2D eigenvalue weighted by Crippen LogP contribution is 2.29. The number of fused-ring (bicyclic) bond motifs is 1. The number of ether oxygens (including phenoxy) is 1. The molecule has 0 atom stereocenters. The first-order valence-electron chi connectivity index (χ1n) is 6.03. The van der Waals surface area contributed by atoms with Gasteiger partial charge in [0.2, 0.25) is 0 Å². The van der Waals surface area contributed by atoms with Gasteiger partial charge in [0, 0.05) is 11.5 Å². The molecule has 0 unspecified atom stereocenters. The summed E-state index contributed by atoms with van der Waals surface area (Å²) in [6, 6.07) is 2.09. The summed E-state index contributed by atoms with van der Waals surface area (Å²) in [6.07, 6.45) is 6.16. The van der Waals surface area contributed by atoms with Crippen LogP contribution in [0, 0.1) is 0 Å². The van der Waals surface area contributed by atoms with Crippen LogP contribution in [0.4, 0.5) is 0 Å². The van der Waals surface area contributed by atoms with Crippen molar-refractivity contribution in [1.82, 2.24) is 0 Å². The molecule has 0 saturated carbocycles. The SMILES string of the molecule is CCOCC(=O)c1cc2c(s1)CCCCC2. The number of rotatable bonds is 4. The number of Topliss-reactive ketones (excluding diaryl/α,β-unsaturated/α-hetero) is 1. The summed E-state index contributed by atoms with van der Waals surface area (Å²) >= 11 is 1.68. The van der Waals surface area contributed by atoms with Crippen molar-refractivity contribution in [3.63, 3.8) is 0 Å². The topological polar surface area (TPSA) is 26.3 Å². The molecular weight excluding hydrogens is 220 g/mol. The lowest BCUT2D eigenvalue weighted by Crippen LogP contribution is -2.06. The van der Waals surface area contributed by atoms with E-state index in [-0.39, 0.29) is 12.4 Å². The molecule has 1 aliphatic carbocycles. The van der Waals surface area contributed by atoms with Gasteiger partial charge in [0.15, 0.2) is 5.78 Å². The van der Waals surface area contributed by atoms with Crippen LogP contribution in [0.5, 0.6) is 0 Å². The molecule has 0 bridgehead atoms. The summed E-state index contributed by atoms with van der Waals surface area (Å²) in [5, 5.41) is 0. The van der Waals surface area contributed by atoms with Gasteiger partial charge >= 0.3 is 0 Å². The van der Waals surface area contributed by atoms with E-state index in [0.29, 0.717) is 6.61 Å². The second kappa shape index (κ2) is 5.60. The summed E-state index contributed by atoms with van der Waals surface area (Å²) in [4.78, 5) is 14.1. The number of ketones is 1. The van der Waals surface area contributed by atoms with Crippen molar-refractivity contribution in [2.45, 2.75) is 39.0 Å². The van der Waals surface area contributed by atoms with Gasteiger partial charge in [-0.1, -0.05) is 6.42 Å². The molecule has 0 aliphatic heterocycles. The fraction of sp³-hybridized carbons (Fsp3) is 0.615. The van der Waals surface area contributed by atoms with Gasteiger partial charge in [-0.3, -0.25) is 4.79 Å². The molecule has 0 saturated heterocycles. The minimum Gasteiger partial charge on any atom is -0.374 e. The molecule has 0 radical (unpaired) electrons. The van der Waals surface area contributed by atoms with E-state index in [1.807, 2.05) is 6.92 Å². The molecule has 0 aromatic carbocycles. The molecule has 0 N–H and O–H groups in total. The van der Waals surface area contributed by atoms with Crippen molar-refractivity contribution < 1.29 is 9.53 Å². The lowest BCUT2D eigenvalue weighted by atomic mass is 10.1. The van der Waals surface area contributed by atoms with Crippen molar-refractivity contribution in [2.75, 3.05) is 13.2 Å². The molecule has 1 aromatic heterocycles. The second-order valence-electron chi connectivity index (χ2n) is 4.18. The van der Waals surface area contributed by atoms with Gasteiger partial charge in [0.25, 0.3) is 0 Å². The average molecular weight is 238 g/mol. The zero-order valence-corrected chi connectivity index (χ0v) is 10.6. The van der Waals surface area contributed by atoms with E-state index in [9.17, 15) is 4.79 Å². The van der Waals surface area contributed by atoms with Crippen LogP contribution < -0.4 is 0 Å². The summed E-state index contributed by atoms with van der Waals surface area (Å²) in [5.74, 6) is 0.139. The highest BCUT2D eigenvalue weighted by atomic mass is 32.1. The molecule has 0 spiro atoms. The molecule has 2 nitrogen and oxygen atoms in total. The first-order chi connectivity index (χ1) is 7.81. The molecule has 1 aromatic rings. The number of thiophene rings is 1. The van der Waals surface area contributed by atoms with Crippen LogP contribution in [0.3, 0.4) is 0 Å². The second-order valence-corrected chi connectivity index (χ2v) is 5.32. The van der Waals surface area contributed by atoms with E-state index in [1.54, 1.807) is 11.3 Å². The molecule has 2 rings (SSSR count). The summed E-state index contributed by atoms with van der Waals surface area (Å²) in [6.45, 7) is 2.75. The fourth-order valence-electron chi connectivity index (χ4n) is 2.07. The van der Waals surface area contributed by atoms with Gasteiger partial charge in [-0.05, 0) is 44.2 Å². The third kappa shape index (κ3) is 2.71. The third-order valence-electron chi connectivity index (χ3n) is 2.96.